The Bertz CT molecular complexity index is 250. The van der Waals surface area contributed by atoms with Crippen molar-refractivity contribution in [2.75, 3.05) is 6.61 Å². The molecule has 0 aliphatic carbocycles. The van der Waals surface area contributed by atoms with Crippen molar-refractivity contribution in [1.82, 2.24) is 4.90 Å². The molecule has 0 spiro atoms. The molecule has 3 heteroatoms. The van der Waals surface area contributed by atoms with Crippen LogP contribution in [0.5, 0.6) is 0 Å². The fraction of sp³-hybridized carbons (Fsp3) is 0.750. The third kappa shape index (κ3) is 1.93. The van der Waals surface area contributed by atoms with E-state index in [9.17, 15) is 4.79 Å². The lowest BCUT2D eigenvalue weighted by Crippen LogP contribution is -2.45. The van der Waals surface area contributed by atoms with Crippen molar-refractivity contribution in [2.45, 2.75) is 44.2 Å². The van der Waals surface area contributed by atoms with Gasteiger partial charge in [-0.2, -0.15) is 0 Å². The van der Waals surface area contributed by atoms with Crippen LogP contribution in [0.1, 0.15) is 32.1 Å². The van der Waals surface area contributed by atoms with E-state index >= 15 is 0 Å². The molecular weight excluding hydrogens is 190 g/mol. The number of piperidine rings is 1. The monoisotopic (exact) mass is 209 g/mol. The Hall–Kier alpha value is -0.830. The molecule has 1 amide bonds. The van der Waals surface area contributed by atoms with Gasteiger partial charge >= 0.3 is 0 Å². The number of carbonyl (C=O) groups is 1. The predicted molar refractivity (Wildman–Crippen MR) is 58.3 cm³/mol. The smallest absolute Gasteiger partial charge is 0.246 e. The molecule has 1 N–H and O–H groups in total. The highest BCUT2D eigenvalue weighted by molar-refractivity contribution is 5.87. The molecule has 15 heavy (non-hydrogen) atoms. The van der Waals surface area contributed by atoms with Crippen LogP contribution in [0.4, 0.5) is 0 Å². The molecule has 0 aromatic rings. The Morgan fingerprint density at radius 3 is 2.47 bits per heavy atom. The van der Waals surface area contributed by atoms with E-state index in [0.29, 0.717) is 18.0 Å². The number of fused-ring (bicyclic) bond motifs is 2. The SMILES string of the molecule is C=CC(=O)N1C2CCC1CC(CCO)C2. The van der Waals surface area contributed by atoms with Crippen LogP contribution in [-0.2, 0) is 4.79 Å². The van der Waals surface area contributed by atoms with Crippen molar-refractivity contribution in [2.24, 2.45) is 5.92 Å². The van der Waals surface area contributed by atoms with E-state index in [2.05, 4.69) is 6.58 Å². The van der Waals surface area contributed by atoms with Gasteiger partial charge in [-0.25, -0.2) is 0 Å². The van der Waals surface area contributed by atoms with E-state index in [1.165, 1.54) is 6.08 Å². The number of hydrogen-bond donors (Lipinski definition) is 1. The first-order chi connectivity index (χ1) is 7.26. The van der Waals surface area contributed by atoms with Gasteiger partial charge in [0.05, 0.1) is 0 Å². The predicted octanol–water partition coefficient (Wildman–Crippen LogP) is 1.32. The molecule has 0 aromatic carbocycles. The van der Waals surface area contributed by atoms with Crippen LogP contribution in [0.15, 0.2) is 12.7 Å². The van der Waals surface area contributed by atoms with Gasteiger partial charge in [0.1, 0.15) is 0 Å². The highest BCUT2D eigenvalue weighted by Crippen LogP contribution is 2.39. The van der Waals surface area contributed by atoms with Gasteiger partial charge in [-0.15, -0.1) is 0 Å². The van der Waals surface area contributed by atoms with Gasteiger partial charge in [0.25, 0.3) is 0 Å². The molecule has 2 aliphatic heterocycles. The van der Waals surface area contributed by atoms with Gasteiger partial charge in [-0.05, 0) is 44.1 Å². The highest BCUT2D eigenvalue weighted by Gasteiger charge is 2.41. The summed E-state index contributed by atoms with van der Waals surface area (Å²) in [6.07, 6.45) is 6.71. The molecule has 2 bridgehead atoms. The number of rotatable bonds is 3. The van der Waals surface area contributed by atoms with E-state index < -0.39 is 0 Å². The van der Waals surface area contributed by atoms with Crippen molar-refractivity contribution >= 4 is 5.91 Å². The molecular formula is C12H19NO2. The van der Waals surface area contributed by atoms with Gasteiger partial charge in [0.2, 0.25) is 5.91 Å². The van der Waals surface area contributed by atoms with Crippen molar-refractivity contribution in [1.29, 1.82) is 0 Å². The van der Waals surface area contributed by atoms with Crippen molar-refractivity contribution < 1.29 is 9.90 Å². The molecule has 2 atom stereocenters. The van der Waals surface area contributed by atoms with Crippen LogP contribution in [0.25, 0.3) is 0 Å². The topological polar surface area (TPSA) is 40.5 Å². The standard InChI is InChI=1S/C12H19NO2/c1-2-12(15)13-10-3-4-11(13)8-9(7-10)5-6-14/h2,9-11,14H,1,3-8H2. The van der Waals surface area contributed by atoms with E-state index in [1.54, 1.807) is 0 Å². The summed E-state index contributed by atoms with van der Waals surface area (Å²) in [6.45, 7) is 3.83. The summed E-state index contributed by atoms with van der Waals surface area (Å²) in [6, 6.07) is 0.816. The van der Waals surface area contributed by atoms with Gasteiger partial charge in [0, 0.05) is 18.7 Å². The minimum atomic E-state index is 0.0879. The van der Waals surface area contributed by atoms with Gasteiger partial charge in [-0.3, -0.25) is 4.79 Å². The Morgan fingerprint density at radius 2 is 2.00 bits per heavy atom. The lowest BCUT2D eigenvalue weighted by Gasteiger charge is -2.38. The summed E-state index contributed by atoms with van der Waals surface area (Å²) in [4.78, 5) is 13.7. The molecule has 3 nitrogen and oxygen atoms in total. The number of aliphatic hydroxyl groups is 1. The third-order valence-electron chi connectivity index (χ3n) is 3.80. The second-order valence-electron chi connectivity index (χ2n) is 4.68. The van der Waals surface area contributed by atoms with Crippen LogP contribution < -0.4 is 0 Å². The number of amides is 1. The number of nitrogens with zero attached hydrogens (tertiary/aromatic N) is 1. The molecule has 84 valence electrons. The molecule has 2 unspecified atom stereocenters. The quantitative estimate of drug-likeness (QED) is 0.712. The summed E-state index contributed by atoms with van der Waals surface area (Å²) in [5.74, 6) is 0.700. The lowest BCUT2D eigenvalue weighted by molar-refractivity contribution is -0.131. The summed E-state index contributed by atoms with van der Waals surface area (Å²) in [5.41, 5.74) is 0. The minimum absolute atomic E-state index is 0.0879. The normalized spacial score (nSPS) is 34.2. The number of carbonyl (C=O) groups excluding carboxylic acids is 1. The van der Waals surface area contributed by atoms with E-state index in [1.807, 2.05) is 4.90 Å². The molecule has 2 rings (SSSR count). The second-order valence-corrected chi connectivity index (χ2v) is 4.68. The van der Waals surface area contributed by atoms with Crippen LogP contribution >= 0.6 is 0 Å². The van der Waals surface area contributed by atoms with Crippen LogP contribution in [0, 0.1) is 5.92 Å². The average molecular weight is 209 g/mol. The van der Waals surface area contributed by atoms with E-state index in [4.69, 9.17) is 5.11 Å². The first kappa shape index (κ1) is 10.7. The first-order valence-electron chi connectivity index (χ1n) is 5.82. The Morgan fingerprint density at radius 1 is 1.40 bits per heavy atom. The largest absolute Gasteiger partial charge is 0.396 e. The summed E-state index contributed by atoms with van der Waals surface area (Å²) in [5, 5.41) is 8.94. The summed E-state index contributed by atoms with van der Waals surface area (Å²) >= 11 is 0. The van der Waals surface area contributed by atoms with E-state index in [-0.39, 0.29) is 12.5 Å². The van der Waals surface area contributed by atoms with Crippen LogP contribution in [0.3, 0.4) is 0 Å². The van der Waals surface area contributed by atoms with E-state index in [0.717, 1.165) is 32.1 Å². The van der Waals surface area contributed by atoms with Crippen LogP contribution in [-0.4, -0.2) is 34.6 Å². The maximum absolute atomic E-state index is 11.7. The average Bonchev–Trinajstić information content (AvgIpc) is 2.50. The Labute approximate surface area is 90.8 Å². The second kappa shape index (κ2) is 4.35. The van der Waals surface area contributed by atoms with Crippen molar-refractivity contribution in [3.05, 3.63) is 12.7 Å². The zero-order valence-corrected chi connectivity index (χ0v) is 9.06. The van der Waals surface area contributed by atoms with Gasteiger partial charge in [0.15, 0.2) is 0 Å². The molecule has 0 radical (unpaired) electrons. The van der Waals surface area contributed by atoms with Gasteiger partial charge in [-0.1, -0.05) is 6.58 Å². The zero-order chi connectivity index (χ0) is 10.8. The molecule has 2 heterocycles. The van der Waals surface area contributed by atoms with Crippen molar-refractivity contribution in [3.8, 4) is 0 Å². The third-order valence-corrected chi connectivity index (χ3v) is 3.80. The molecule has 2 fully saturated rings. The molecule has 0 saturated carbocycles. The number of aliphatic hydroxyl groups excluding tert-OH is 1. The molecule has 0 aromatic heterocycles. The number of hydrogen-bond acceptors (Lipinski definition) is 2. The summed E-state index contributed by atoms with van der Waals surface area (Å²) < 4.78 is 0. The highest BCUT2D eigenvalue weighted by atomic mass is 16.3. The molecule has 2 saturated heterocycles. The van der Waals surface area contributed by atoms with Crippen LogP contribution in [0.2, 0.25) is 0 Å². The molecule has 2 aliphatic rings. The minimum Gasteiger partial charge on any atom is -0.396 e. The maximum Gasteiger partial charge on any atom is 0.246 e. The lowest BCUT2D eigenvalue weighted by atomic mass is 9.88. The zero-order valence-electron chi connectivity index (χ0n) is 9.06. The maximum atomic E-state index is 11.7. The summed E-state index contributed by atoms with van der Waals surface area (Å²) in [7, 11) is 0. The Balaban J connectivity index is 2.03. The van der Waals surface area contributed by atoms with Crippen molar-refractivity contribution in [3.63, 3.8) is 0 Å². The Kier molecular flexibility index (Phi) is 3.10. The van der Waals surface area contributed by atoms with Gasteiger partial charge < -0.3 is 10.0 Å². The first-order valence-corrected chi connectivity index (χ1v) is 5.82. The fourth-order valence-electron chi connectivity index (χ4n) is 3.17. The fourth-order valence-corrected chi connectivity index (χ4v) is 3.17.